The van der Waals surface area contributed by atoms with Crippen molar-refractivity contribution < 1.29 is 4.74 Å². The number of thiophene rings is 1. The lowest BCUT2D eigenvalue weighted by atomic mass is 9.76. The summed E-state index contributed by atoms with van der Waals surface area (Å²) < 4.78 is 14.1. The van der Waals surface area contributed by atoms with Crippen LogP contribution in [0, 0.1) is 0 Å². The fraction of sp³-hybridized carbons (Fsp3) is 0.149. The fourth-order valence-corrected chi connectivity index (χ4v) is 9.89. The molecule has 5 aromatic heterocycles. The van der Waals surface area contributed by atoms with Gasteiger partial charge in [0.1, 0.15) is 23.1 Å². The van der Waals surface area contributed by atoms with E-state index < -0.39 is 0 Å². The van der Waals surface area contributed by atoms with Crippen molar-refractivity contribution >= 4 is 75.1 Å². The molecular weight excluding hydrogens is 669 g/mol. The predicted octanol–water partition coefficient (Wildman–Crippen LogP) is 12.8. The maximum Gasteiger partial charge on any atom is 0.141 e. The second kappa shape index (κ2) is 10.6. The van der Waals surface area contributed by atoms with Gasteiger partial charge in [-0.2, -0.15) is 0 Å². The second-order valence-electron chi connectivity index (χ2n) is 15.9. The van der Waals surface area contributed by atoms with Crippen LogP contribution in [0.4, 0.5) is 0 Å². The van der Waals surface area contributed by atoms with E-state index in [1.54, 1.807) is 0 Å². The molecule has 0 N–H and O–H groups in total. The average molecular weight is 705 g/mol. The maximum atomic E-state index is 6.81. The highest BCUT2D eigenvalue weighted by atomic mass is 32.1. The average Bonchev–Trinajstić information content (AvgIpc) is 3.81. The molecule has 1 aliphatic heterocycles. The monoisotopic (exact) mass is 704 g/mol. The summed E-state index contributed by atoms with van der Waals surface area (Å²) in [6.07, 6.45) is 3.84. The molecule has 0 saturated carbocycles. The van der Waals surface area contributed by atoms with Crippen molar-refractivity contribution in [2.75, 3.05) is 0 Å². The van der Waals surface area contributed by atoms with Crippen LogP contribution in [0.15, 0.2) is 128 Å². The Bertz CT molecular complexity index is 3170. The first-order chi connectivity index (χ1) is 25.7. The molecule has 53 heavy (non-hydrogen) atoms. The Morgan fingerprint density at radius 1 is 0.585 bits per heavy atom. The molecule has 10 aromatic rings. The summed E-state index contributed by atoms with van der Waals surface area (Å²) in [4.78, 5) is 9.95. The lowest BCUT2D eigenvalue weighted by molar-refractivity contribution is 0.484. The van der Waals surface area contributed by atoms with Gasteiger partial charge in [-0.25, -0.2) is 9.97 Å². The number of fused-ring (bicyclic) bond motifs is 12. The minimum Gasteiger partial charge on any atom is -0.457 e. The number of nitrogens with zero attached hydrogens (tertiary/aromatic N) is 4. The summed E-state index contributed by atoms with van der Waals surface area (Å²) in [5, 5.41) is 7.33. The Labute approximate surface area is 310 Å². The maximum absolute atomic E-state index is 6.81. The molecule has 0 amide bonds. The number of rotatable bonds is 3. The summed E-state index contributed by atoms with van der Waals surface area (Å²) >= 11 is 1.84. The SMILES string of the molecule is CC(C)(C)c1ccnc(-n2c3cc(Oc4ccc5c6cccc7c6n(c5c4)-c4ncccc4C7(C)C)ccc3c3ccc4sc5ccccc5c4c32)c1. The zero-order valence-corrected chi connectivity index (χ0v) is 31.0. The number of para-hydroxylation sites is 1. The summed E-state index contributed by atoms with van der Waals surface area (Å²) in [5.74, 6) is 3.44. The Kier molecular flexibility index (Phi) is 6.10. The van der Waals surface area contributed by atoms with Crippen LogP contribution in [-0.2, 0) is 10.8 Å². The molecule has 6 heterocycles. The molecule has 0 atom stereocenters. The molecule has 1 aliphatic rings. The Balaban J connectivity index is 1.13. The molecular formula is C47H36N4OS. The van der Waals surface area contributed by atoms with Gasteiger partial charge in [0.25, 0.3) is 0 Å². The number of benzene rings is 5. The quantitative estimate of drug-likeness (QED) is 0.184. The summed E-state index contributed by atoms with van der Waals surface area (Å²) in [6, 6.07) is 41.5. The van der Waals surface area contributed by atoms with Crippen LogP contribution in [0.2, 0.25) is 0 Å². The number of aromatic nitrogens is 4. The molecule has 0 fully saturated rings. The first-order valence-corrected chi connectivity index (χ1v) is 19.1. The van der Waals surface area contributed by atoms with Crippen molar-refractivity contribution in [3.8, 4) is 23.1 Å². The molecule has 256 valence electrons. The van der Waals surface area contributed by atoms with E-state index in [1.807, 2.05) is 29.8 Å². The Morgan fingerprint density at radius 2 is 1.28 bits per heavy atom. The molecule has 0 unspecified atom stereocenters. The van der Waals surface area contributed by atoms with Gasteiger partial charge in [-0.15, -0.1) is 11.3 Å². The molecule has 0 spiro atoms. The summed E-state index contributed by atoms with van der Waals surface area (Å²) in [5.41, 5.74) is 8.13. The largest absolute Gasteiger partial charge is 0.457 e. The van der Waals surface area contributed by atoms with E-state index in [4.69, 9.17) is 14.7 Å². The van der Waals surface area contributed by atoms with Crippen LogP contribution < -0.4 is 4.74 Å². The van der Waals surface area contributed by atoms with Crippen LogP contribution in [0.25, 0.3) is 75.4 Å². The lowest BCUT2D eigenvalue weighted by Gasteiger charge is -2.33. The van der Waals surface area contributed by atoms with E-state index in [2.05, 4.69) is 153 Å². The molecule has 11 rings (SSSR count). The zero-order valence-electron chi connectivity index (χ0n) is 30.2. The van der Waals surface area contributed by atoms with E-state index in [0.717, 1.165) is 34.2 Å². The Morgan fingerprint density at radius 3 is 2.08 bits per heavy atom. The van der Waals surface area contributed by atoms with Crippen molar-refractivity contribution in [1.82, 2.24) is 19.1 Å². The molecule has 0 aliphatic carbocycles. The van der Waals surface area contributed by atoms with E-state index in [1.165, 1.54) is 69.4 Å². The minimum atomic E-state index is -0.164. The third-order valence-electron chi connectivity index (χ3n) is 11.4. The van der Waals surface area contributed by atoms with Gasteiger partial charge in [-0.3, -0.25) is 9.13 Å². The third-order valence-corrected chi connectivity index (χ3v) is 12.6. The van der Waals surface area contributed by atoms with Crippen molar-refractivity contribution in [1.29, 1.82) is 0 Å². The summed E-state index contributed by atoms with van der Waals surface area (Å²) in [7, 11) is 0. The van der Waals surface area contributed by atoms with Crippen LogP contribution in [-0.4, -0.2) is 19.1 Å². The van der Waals surface area contributed by atoms with E-state index in [9.17, 15) is 0 Å². The molecule has 0 saturated heterocycles. The second-order valence-corrected chi connectivity index (χ2v) is 17.0. The molecule has 0 radical (unpaired) electrons. The van der Waals surface area contributed by atoms with Gasteiger partial charge in [-0.1, -0.05) is 83.1 Å². The number of hydrogen-bond acceptors (Lipinski definition) is 4. The summed E-state index contributed by atoms with van der Waals surface area (Å²) in [6.45, 7) is 11.4. The lowest BCUT2D eigenvalue weighted by Crippen LogP contribution is -2.26. The van der Waals surface area contributed by atoms with Crippen LogP contribution >= 0.6 is 11.3 Å². The number of pyridine rings is 2. The third kappa shape index (κ3) is 4.24. The predicted molar refractivity (Wildman–Crippen MR) is 221 cm³/mol. The molecule has 0 bridgehead atoms. The number of ether oxygens (including phenoxy) is 1. The van der Waals surface area contributed by atoms with E-state index in [-0.39, 0.29) is 10.8 Å². The van der Waals surface area contributed by atoms with E-state index >= 15 is 0 Å². The highest BCUT2D eigenvalue weighted by Gasteiger charge is 2.35. The van der Waals surface area contributed by atoms with Gasteiger partial charge in [0.2, 0.25) is 0 Å². The number of hydrogen-bond donors (Lipinski definition) is 0. The Hall–Kier alpha value is -5.98. The normalized spacial score (nSPS) is 13.9. The molecule has 6 heteroatoms. The van der Waals surface area contributed by atoms with Gasteiger partial charge < -0.3 is 4.74 Å². The first kappa shape index (κ1) is 30.6. The van der Waals surface area contributed by atoms with Gasteiger partial charge in [-0.05, 0) is 71.1 Å². The van der Waals surface area contributed by atoms with E-state index in [0.29, 0.717) is 0 Å². The van der Waals surface area contributed by atoms with Gasteiger partial charge in [0.15, 0.2) is 0 Å². The van der Waals surface area contributed by atoms with Crippen LogP contribution in [0.3, 0.4) is 0 Å². The highest BCUT2D eigenvalue weighted by molar-refractivity contribution is 7.26. The van der Waals surface area contributed by atoms with Crippen molar-refractivity contribution in [3.05, 3.63) is 144 Å². The zero-order chi connectivity index (χ0) is 35.8. The first-order valence-electron chi connectivity index (χ1n) is 18.2. The van der Waals surface area contributed by atoms with Gasteiger partial charge >= 0.3 is 0 Å². The minimum absolute atomic E-state index is 0.0245. The van der Waals surface area contributed by atoms with Crippen LogP contribution in [0.5, 0.6) is 11.5 Å². The fourth-order valence-electron chi connectivity index (χ4n) is 8.78. The molecule has 5 aromatic carbocycles. The van der Waals surface area contributed by atoms with Crippen molar-refractivity contribution in [2.45, 2.75) is 45.4 Å². The van der Waals surface area contributed by atoms with Gasteiger partial charge in [0, 0.05) is 77.2 Å². The molecule has 5 nitrogen and oxygen atoms in total. The standard InChI is InChI=1S/C47H36N4OS/c1-46(2,3)27-21-23-48-41(24-27)50-37-25-28(16-18-31(37)33-19-20-40-42(44(33)50)34-10-6-7-14-39(34)53-40)52-29-15-17-30-32-11-8-12-35-43(32)51(38(30)26-29)45-36(47(35,4)5)13-9-22-49-45/h6-26H,1-5H3. The highest BCUT2D eigenvalue weighted by Crippen LogP contribution is 2.48. The van der Waals surface area contributed by atoms with Crippen molar-refractivity contribution in [2.24, 2.45) is 0 Å². The smallest absolute Gasteiger partial charge is 0.141 e. The van der Waals surface area contributed by atoms with Crippen LogP contribution in [0.1, 0.15) is 51.3 Å². The van der Waals surface area contributed by atoms with Gasteiger partial charge in [0.05, 0.1) is 22.1 Å². The van der Waals surface area contributed by atoms with Crippen molar-refractivity contribution in [3.63, 3.8) is 0 Å². The topological polar surface area (TPSA) is 44.9 Å².